The lowest BCUT2D eigenvalue weighted by Gasteiger charge is -2.24. The number of likely N-dealkylation sites (tertiary alicyclic amines) is 1. The van der Waals surface area contributed by atoms with E-state index in [0.29, 0.717) is 30.1 Å². The first-order valence-electron chi connectivity index (χ1n) is 9.97. The van der Waals surface area contributed by atoms with Crippen molar-refractivity contribution in [2.75, 3.05) is 6.54 Å². The van der Waals surface area contributed by atoms with Crippen molar-refractivity contribution in [3.63, 3.8) is 0 Å². The minimum atomic E-state index is -0.184. The molecule has 1 aromatic carbocycles. The van der Waals surface area contributed by atoms with Crippen LogP contribution in [0.1, 0.15) is 23.4 Å². The van der Waals surface area contributed by atoms with Crippen molar-refractivity contribution < 1.29 is 9.21 Å². The number of rotatable bonds is 4. The third kappa shape index (κ3) is 3.39. The van der Waals surface area contributed by atoms with E-state index in [-0.39, 0.29) is 17.5 Å². The van der Waals surface area contributed by atoms with E-state index < -0.39 is 0 Å². The Morgan fingerprint density at radius 2 is 1.93 bits per heavy atom. The number of para-hydroxylation sites is 1. The van der Waals surface area contributed by atoms with Crippen LogP contribution in [0, 0.1) is 0 Å². The van der Waals surface area contributed by atoms with Crippen LogP contribution in [-0.2, 0) is 6.54 Å². The van der Waals surface area contributed by atoms with E-state index in [1.54, 1.807) is 29.4 Å². The van der Waals surface area contributed by atoms with Crippen LogP contribution in [0.3, 0.4) is 0 Å². The first-order valence-corrected chi connectivity index (χ1v) is 9.97. The largest absolute Gasteiger partial charge is 0.451 e. The Bertz CT molecular complexity index is 1230. The Morgan fingerprint density at radius 1 is 1.10 bits per heavy atom. The summed E-state index contributed by atoms with van der Waals surface area (Å²) in [7, 11) is 0. The predicted molar refractivity (Wildman–Crippen MR) is 112 cm³/mol. The maximum absolute atomic E-state index is 13.1. The number of hydrogen-bond acceptors (Lipinski definition) is 5. The van der Waals surface area contributed by atoms with Crippen LogP contribution in [0.5, 0.6) is 0 Å². The van der Waals surface area contributed by atoms with Crippen LogP contribution in [0.4, 0.5) is 0 Å². The van der Waals surface area contributed by atoms with Gasteiger partial charge in [-0.3, -0.25) is 14.6 Å². The fraction of sp³-hybridized carbons (Fsp3) is 0.217. The monoisotopic (exact) mass is 400 g/mol. The molecule has 5 rings (SSSR count). The highest BCUT2D eigenvalue weighted by Crippen LogP contribution is 2.25. The molecular formula is C23H20N4O3. The van der Waals surface area contributed by atoms with Gasteiger partial charge in [-0.15, -0.1) is 0 Å². The van der Waals surface area contributed by atoms with E-state index in [2.05, 4.69) is 10.1 Å². The molecule has 4 heterocycles. The standard InChI is InChI=1S/C23H20N4O3/c28-22-8-7-19(16-9-11-24-12-10-16)25-27(22)15-18-5-3-13-26(18)23(29)21-14-17-4-1-2-6-20(17)30-21/h1-2,4,6-12,14,18H,3,5,13,15H2. The van der Waals surface area contributed by atoms with Gasteiger partial charge < -0.3 is 9.32 Å². The molecule has 1 atom stereocenters. The Labute approximate surface area is 172 Å². The molecule has 1 aliphatic heterocycles. The van der Waals surface area contributed by atoms with Crippen LogP contribution >= 0.6 is 0 Å². The van der Waals surface area contributed by atoms with Gasteiger partial charge in [0.1, 0.15) is 5.58 Å². The minimum absolute atomic E-state index is 0.108. The van der Waals surface area contributed by atoms with Gasteiger partial charge in [-0.2, -0.15) is 5.10 Å². The highest BCUT2D eigenvalue weighted by molar-refractivity contribution is 5.96. The molecule has 0 N–H and O–H groups in total. The smallest absolute Gasteiger partial charge is 0.289 e. The molecule has 7 heteroatoms. The molecule has 0 bridgehead atoms. The minimum Gasteiger partial charge on any atom is -0.451 e. The van der Waals surface area contributed by atoms with E-state index in [4.69, 9.17) is 4.42 Å². The molecule has 0 radical (unpaired) electrons. The summed E-state index contributed by atoms with van der Waals surface area (Å²) in [5.41, 5.74) is 2.10. The molecule has 0 saturated carbocycles. The lowest BCUT2D eigenvalue weighted by atomic mass is 10.2. The molecule has 0 aliphatic carbocycles. The third-order valence-electron chi connectivity index (χ3n) is 5.50. The van der Waals surface area contributed by atoms with Crippen LogP contribution in [0.15, 0.2) is 76.2 Å². The fourth-order valence-corrected chi connectivity index (χ4v) is 3.98. The zero-order chi connectivity index (χ0) is 20.5. The summed E-state index contributed by atoms with van der Waals surface area (Å²) in [4.78, 5) is 31.3. The van der Waals surface area contributed by atoms with E-state index in [1.807, 2.05) is 36.4 Å². The van der Waals surface area contributed by atoms with E-state index in [1.165, 1.54) is 10.7 Å². The Kier molecular flexibility index (Phi) is 4.63. The number of benzene rings is 1. The third-order valence-corrected chi connectivity index (χ3v) is 5.50. The van der Waals surface area contributed by atoms with Crippen molar-refractivity contribution in [2.45, 2.75) is 25.4 Å². The van der Waals surface area contributed by atoms with Gasteiger partial charge in [-0.1, -0.05) is 18.2 Å². The second-order valence-corrected chi connectivity index (χ2v) is 7.42. The summed E-state index contributed by atoms with van der Waals surface area (Å²) in [6.45, 7) is 0.989. The average molecular weight is 400 g/mol. The Morgan fingerprint density at radius 3 is 2.77 bits per heavy atom. The van der Waals surface area contributed by atoms with Crippen LogP contribution in [0.25, 0.3) is 22.2 Å². The summed E-state index contributed by atoms with van der Waals surface area (Å²) in [5, 5.41) is 5.42. The van der Waals surface area contributed by atoms with Crippen molar-refractivity contribution in [3.05, 3.63) is 83.1 Å². The lowest BCUT2D eigenvalue weighted by Crippen LogP contribution is -2.40. The molecule has 30 heavy (non-hydrogen) atoms. The lowest BCUT2D eigenvalue weighted by molar-refractivity contribution is 0.0690. The van der Waals surface area contributed by atoms with Gasteiger partial charge in [0.05, 0.1) is 18.3 Å². The summed E-state index contributed by atoms with van der Waals surface area (Å²) in [6.07, 6.45) is 5.09. The Hall–Kier alpha value is -3.74. The first-order chi connectivity index (χ1) is 14.7. The van der Waals surface area contributed by atoms with Crippen molar-refractivity contribution in [1.29, 1.82) is 0 Å². The molecule has 0 spiro atoms. The SMILES string of the molecule is O=C(c1cc2ccccc2o1)N1CCCC1Cn1nc(-c2ccncc2)ccc1=O. The van der Waals surface area contributed by atoms with E-state index in [0.717, 1.165) is 23.8 Å². The molecule has 4 aromatic rings. The number of carbonyl (C=O) groups is 1. The van der Waals surface area contributed by atoms with Gasteiger partial charge in [0, 0.05) is 36.0 Å². The van der Waals surface area contributed by atoms with E-state index >= 15 is 0 Å². The van der Waals surface area contributed by atoms with Crippen LogP contribution in [-0.4, -0.2) is 38.2 Å². The number of carbonyl (C=O) groups excluding carboxylic acids is 1. The number of amides is 1. The van der Waals surface area contributed by atoms with Gasteiger partial charge in [-0.25, -0.2) is 4.68 Å². The molecule has 1 amide bonds. The average Bonchev–Trinajstić information content (AvgIpc) is 3.42. The van der Waals surface area contributed by atoms with Crippen molar-refractivity contribution >= 4 is 16.9 Å². The molecule has 1 aliphatic rings. The van der Waals surface area contributed by atoms with E-state index in [9.17, 15) is 9.59 Å². The fourth-order valence-electron chi connectivity index (χ4n) is 3.98. The summed E-state index contributed by atoms with van der Waals surface area (Å²) >= 11 is 0. The number of aromatic nitrogens is 3. The zero-order valence-electron chi connectivity index (χ0n) is 16.3. The maximum Gasteiger partial charge on any atom is 0.289 e. The number of nitrogens with zero attached hydrogens (tertiary/aromatic N) is 4. The van der Waals surface area contributed by atoms with Crippen LogP contribution < -0.4 is 5.56 Å². The van der Waals surface area contributed by atoms with Gasteiger partial charge >= 0.3 is 0 Å². The molecule has 150 valence electrons. The van der Waals surface area contributed by atoms with Crippen molar-refractivity contribution in [1.82, 2.24) is 19.7 Å². The highest BCUT2D eigenvalue weighted by Gasteiger charge is 2.32. The summed E-state index contributed by atoms with van der Waals surface area (Å²) in [5.74, 6) is 0.181. The second kappa shape index (κ2) is 7.59. The quantitative estimate of drug-likeness (QED) is 0.525. The second-order valence-electron chi connectivity index (χ2n) is 7.42. The van der Waals surface area contributed by atoms with Gasteiger partial charge in [0.2, 0.25) is 0 Å². The van der Waals surface area contributed by atoms with Crippen molar-refractivity contribution in [2.24, 2.45) is 0 Å². The summed E-state index contributed by atoms with van der Waals surface area (Å²) in [6, 6.07) is 16.2. The zero-order valence-corrected chi connectivity index (χ0v) is 16.3. The van der Waals surface area contributed by atoms with Gasteiger partial charge in [0.25, 0.3) is 11.5 Å². The molecule has 3 aromatic heterocycles. The van der Waals surface area contributed by atoms with Gasteiger partial charge in [0.15, 0.2) is 5.76 Å². The molecule has 1 unspecified atom stereocenters. The summed E-state index contributed by atoms with van der Waals surface area (Å²) < 4.78 is 7.21. The topological polar surface area (TPSA) is 81.2 Å². The molecule has 7 nitrogen and oxygen atoms in total. The van der Waals surface area contributed by atoms with Gasteiger partial charge in [-0.05, 0) is 43.2 Å². The maximum atomic E-state index is 13.1. The molecule has 1 saturated heterocycles. The first kappa shape index (κ1) is 18.3. The predicted octanol–water partition coefficient (Wildman–Crippen LogP) is 3.36. The Balaban J connectivity index is 1.40. The number of hydrogen-bond donors (Lipinski definition) is 0. The number of pyridine rings is 1. The number of furan rings is 1. The normalized spacial score (nSPS) is 16.3. The highest BCUT2D eigenvalue weighted by atomic mass is 16.3. The molecular weight excluding hydrogens is 380 g/mol. The number of fused-ring (bicyclic) bond motifs is 1. The van der Waals surface area contributed by atoms with Crippen molar-refractivity contribution in [3.8, 4) is 11.3 Å². The van der Waals surface area contributed by atoms with Crippen LogP contribution in [0.2, 0.25) is 0 Å². The molecule has 1 fully saturated rings.